The fourth-order valence-corrected chi connectivity index (χ4v) is 3.19. The molecule has 4 aromatic rings. The maximum atomic E-state index is 12.0. The third kappa shape index (κ3) is 3.63. The van der Waals surface area contributed by atoms with E-state index in [1.54, 1.807) is 28.0 Å². The second-order valence-corrected chi connectivity index (χ2v) is 6.79. The molecule has 0 fully saturated rings. The molecule has 0 atom stereocenters. The van der Waals surface area contributed by atoms with Gasteiger partial charge in [0.25, 0.3) is 0 Å². The molecule has 0 spiro atoms. The number of nitrogens with one attached hydrogen (secondary N) is 2. The highest BCUT2D eigenvalue weighted by Gasteiger charge is 2.13. The summed E-state index contributed by atoms with van der Waals surface area (Å²) in [5.41, 5.74) is 2.52. The summed E-state index contributed by atoms with van der Waals surface area (Å²) in [5, 5.41) is 23.1. The van der Waals surface area contributed by atoms with E-state index in [9.17, 15) is 4.79 Å². The first-order chi connectivity index (χ1) is 14.2. The van der Waals surface area contributed by atoms with Gasteiger partial charge in [-0.1, -0.05) is 5.21 Å². The molecule has 2 N–H and O–H groups in total. The van der Waals surface area contributed by atoms with E-state index in [1.807, 2.05) is 17.1 Å². The molecule has 29 heavy (non-hydrogen) atoms. The smallest absolute Gasteiger partial charge is 0.221 e. The van der Waals surface area contributed by atoms with Crippen molar-refractivity contribution in [3.05, 3.63) is 31.0 Å². The molecule has 0 saturated heterocycles. The lowest BCUT2D eigenvalue weighted by atomic mass is 10.3. The van der Waals surface area contributed by atoms with Crippen LogP contribution < -0.4 is 10.6 Å². The van der Waals surface area contributed by atoms with Crippen LogP contribution in [0.1, 0.15) is 19.3 Å². The summed E-state index contributed by atoms with van der Waals surface area (Å²) in [6.45, 7) is 1.94. The number of hydrogen-bond donors (Lipinski definition) is 2. The number of hydrogen-bond acceptors (Lipinski definition) is 8. The van der Waals surface area contributed by atoms with Crippen LogP contribution in [-0.4, -0.2) is 57.0 Å². The standard InChI is InChI=1S/C17H19N11O/c29-15-3-1-5-26-10-12(7-20-26)22-14-9-19-16-17(23-14)28(25-24-16)13-8-21-27(11-13)6-2-4-18-15/h7-11H,1-6H2,(H,18,29)(H,22,23). The summed E-state index contributed by atoms with van der Waals surface area (Å²) in [4.78, 5) is 20.9. The Kier molecular flexibility index (Phi) is 4.35. The van der Waals surface area contributed by atoms with Gasteiger partial charge in [-0.3, -0.25) is 14.2 Å². The summed E-state index contributed by atoms with van der Waals surface area (Å²) < 4.78 is 5.22. The van der Waals surface area contributed by atoms with Gasteiger partial charge in [0.15, 0.2) is 5.82 Å². The van der Waals surface area contributed by atoms with Crippen LogP contribution in [0, 0.1) is 0 Å². The Labute approximate surface area is 164 Å². The van der Waals surface area contributed by atoms with Crippen molar-refractivity contribution in [2.24, 2.45) is 0 Å². The van der Waals surface area contributed by atoms with E-state index in [4.69, 9.17) is 0 Å². The Hall–Kier alpha value is -3.83. The van der Waals surface area contributed by atoms with Crippen molar-refractivity contribution < 1.29 is 4.79 Å². The van der Waals surface area contributed by atoms with E-state index in [1.165, 1.54) is 0 Å². The predicted molar refractivity (Wildman–Crippen MR) is 103 cm³/mol. The zero-order valence-electron chi connectivity index (χ0n) is 15.6. The Morgan fingerprint density at radius 3 is 2.83 bits per heavy atom. The highest BCUT2D eigenvalue weighted by molar-refractivity contribution is 5.75. The number of aryl methyl sites for hydroxylation is 2. The van der Waals surface area contributed by atoms with E-state index in [0.717, 1.165) is 17.8 Å². The molecule has 148 valence electrons. The lowest BCUT2D eigenvalue weighted by Gasteiger charge is -2.06. The molecule has 5 rings (SSSR count). The molecule has 1 amide bonds. The Bertz CT molecular complexity index is 1160. The van der Waals surface area contributed by atoms with E-state index < -0.39 is 0 Å². The molecule has 0 unspecified atom stereocenters. The van der Waals surface area contributed by atoms with Crippen LogP contribution in [0.2, 0.25) is 0 Å². The second-order valence-electron chi connectivity index (χ2n) is 6.79. The zero-order chi connectivity index (χ0) is 19.6. The second kappa shape index (κ2) is 7.30. The number of carbonyl (C=O) groups is 1. The maximum absolute atomic E-state index is 12.0. The van der Waals surface area contributed by atoms with E-state index >= 15 is 0 Å². The number of aromatic nitrogens is 9. The minimum atomic E-state index is 0.0471. The summed E-state index contributed by atoms with van der Waals surface area (Å²) in [6, 6.07) is 0. The zero-order valence-corrected chi connectivity index (χ0v) is 15.6. The van der Waals surface area contributed by atoms with Crippen molar-refractivity contribution >= 4 is 28.7 Å². The van der Waals surface area contributed by atoms with Gasteiger partial charge in [0, 0.05) is 32.3 Å². The Balaban J connectivity index is 1.49. The highest BCUT2D eigenvalue weighted by Crippen LogP contribution is 2.18. The average molecular weight is 393 g/mol. The normalized spacial score (nSPS) is 15.4. The van der Waals surface area contributed by atoms with Crippen LogP contribution in [0.4, 0.5) is 11.5 Å². The number of rotatable bonds is 0. The third-order valence-electron chi connectivity index (χ3n) is 4.61. The van der Waals surface area contributed by atoms with Gasteiger partial charge in [0.2, 0.25) is 17.2 Å². The van der Waals surface area contributed by atoms with Crippen molar-refractivity contribution in [3.63, 3.8) is 0 Å². The van der Waals surface area contributed by atoms with E-state index in [2.05, 4.69) is 41.1 Å². The Morgan fingerprint density at radius 2 is 1.86 bits per heavy atom. The van der Waals surface area contributed by atoms with Gasteiger partial charge < -0.3 is 10.6 Å². The average Bonchev–Trinajstić information content (AvgIpc) is 3.44. The quantitative estimate of drug-likeness (QED) is 0.445. The van der Waals surface area contributed by atoms with Crippen LogP contribution in [0.3, 0.4) is 0 Å². The lowest BCUT2D eigenvalue weighted by molar-refractivity contribution is -0.121. The van der Waals surface area contributed by atoms with Crippen LogP contribution in [0.25, 0.3) is 17.0 Å². The van der Waals surface area contributed by atoms with Gasteiger partial charge in [-0.25, -0.2) is 9.97 Å². The summed E-state index contributed by atoms with van der Waals surface area (Å²) >= 11 is 0. The first kappa shape index (κ1) is 17.3. The molecule has 12 nitrogen and oxygen atoms in total. The summed E-state index contributed by atoms with van der Waals surface area (Å²) in [6.07, 6.45) is 10.7. The lowest BCUT2D eigenvalue weighted by Crippen LogP contribution is -2.25. The SMILES string of the molecule is O=C1CCCn2cc(cn2)Nc2cnc3nnn(c3n2)-c2cnn(c2)CCCN1. The van der Waals surface area contributed by atoms with Crippen LogP contribution in [-0.2, 0) is 17.9 Å². The first-order valence-electron chi connectivity index (χ1n) is 9.42. The summed E-state index contributed by atoms with van der Waals surface area (Å²) in [5.74, 6) is 0.608. The van der Waals surface area contributed by atoms with Crippen molar-refractivity contribution in [1.82, 2.24) is 49.8 Å². The third-order valence-corrected chi connectivity index (χ3v) is 4.61. The molecule has 5 heterocycles. The minimum absolute atomic E-state index is 0.0471. The van der Waals surface area contributed by atoms with Gasteiger partial charge in [0.05, 0.1) is 30.5 Å². The number of amides is 1. The molecule has 6 bridgehead atoms. The topological polar surface area (TPSA) is 133 Å². The number of anilines is 2. The van der Waals surface area contributed by atoms with Crippen LogP contribution >= 0.6 is 0 Å². The maximum Gasteiger partial charge on any atom is 0.221 e. The molecule has 12 heteroatoms. The van der Waals surface area contributed by atoms with Gasteiger partial charge in [-0.15, -0.1) is 5.10 Å². The fraction of sp³-hybridized carbons (Fsp3) is 0.353. The molecular weight excluding hydrogens is 374 g/mol. The minimum Gasteiger partial charge on any atom is -0.356 e. The van der Waals surface area contributed by atoms with E-state index in [-0.39, 0.29) is 5.91 Å². The summed E-state index contributed by atoms with van der Waals surface area (Å²) in [7, 11) is 0. The van der Waals surface area contributed by atoms with E-state index in [0.29, 0.717) is 49.6 Å². The van der Waals surface area contributed by atoms with Gasteiger partial charge >= 0.3 is 0 Å². The number of carbonyl (C=O) groups excluding carboxylic acids is 1. The molecule has 1 aliphatic rings. The fourth-order valence-electron chi connectivity index (χ4n) is 3.19. The molecular formula is C17H19N11O. The predicted octanol–water partition coefficient (Wildman–Crippen LogP) is 0.647. The Morgan fingerprint density at radius 1 is 1.00 bits per heavy atom. The van der Waals surface area contributed by atoms with Crippen molar-refractivity contribution in [2.75, 3.05) is 11.9 Å². The van der Waals surface area contributed by atoms with Gasteiger partial charge in [-0.05, 0) is 12.8 Å². The van der Waals surface area contributed by atoms with Gasteiger partial charge in [0.1, 0.15) is 5.69 Å². The van der Waals surface area contributed by atoms with Crippen molar-refractivity contribution in [2.45, 2.75) is 32.4 Å². The monoisotopic (exact) mass is 393 g/mol. The molecule has 0 aromatic carbocycles. The van der Waals surface area contributed by atoms with Crippen LogP contribution in [0.5, 0.6) is 0 Å². The molecule has 1 aliphatic heterocycles. The largest absolute Gasteiger partial charge is 0.356 e. The van der Waals surface area contributed by atoms with Crippen LogP contribution in [0.15, 0.2) is 31.0 Å². The molecule has 0 saturated carbocycles. The number of nitrogens with zero attached hydrogens (tertiary/aromatic N) is 9. The van der Waals surface area contributed by atoms with Crippen molar-refractivity contribution in [1.29, 1.82) is 0 Å². The first-order valence-corrected chi connectivity index (χ1v) is 9.42. The molecule has 0 radical (unpaired) electrons. The highest BCUT2D eigenvalue weighted by atomic mass is 16.1. The van der Waals surface area contributed by atoms with Crippen molar-refractivity contribution in [3.8, 4) is 5.69 Å². The van der Waals surface area contributed by atoms with Gasteiger partial charge in [-0.2, -0.15) is 14.9 Å². The number of fused-ring (bicyclic) bond motifs is 6. The molecule has 0 aliphatic carbocycles. The molecule has 4 aromatic heterocycles.